The minimum absolute atomic E-state index is 0.393. The van der Waals surface area contributed by atoms with Crippen molar-refractivity contribution in [3.8, 4) is 11.3 Å². The van der Waals surface area contributed by atoms with Crippen LogP contribution in [0, 0.1) is 0 Å². The number of rotatable bonds is 4. The van der Waals surface area contributed by atoms with Gasteiger partial charge in [0.25, 0.3) is 0 Å². The Morgan fingerprint density at radius 2 is 2.39 bits per heavy atom. The summed E-state index contributed by atoms with van der Waals surface area (Å²) in [4.78, 5) is 7.87. The van der Waals surface area contributed by atoms with Gasteiger partial charge in [0.15, 0.2) is 0 Å². The van der Waals surface area contributed by atoms with Crippen LogP contribution in [0.5, 0.6) is 0 Å². The molecule has 18 heavy (non-hydrogen) atoms. The van der Waals surface area contributed by atoms with E-state index in [-0.39, 0.29) is 0 Å². The van der Waals surface area contributed by atoms with Crippen LogP contribution in [0.15, 0.2) is 18.6 Å². The summed E-state index contributed by atoms with van der Waals surface area (Å²) in [5, 5.41) is 7.79. The molecule has 2 aromatic heterocycles. The first-order valence-electron chi connectivity index (χ1n) is 6.68. The highest BCUT2D eigenvalue weighted by molar-refractivity contribution is 5.56. The van der Waals surface area contributed by atoms with Gasteiger partial charge in [-0.05, 0) is 25.8 Å². The molecule has 1 aliphatic heterocycles. The van der Waals surface area contributed by atoms with Crippen molar-refractivity contribution in [1.29, 1.82) is 0 Å². The van der Waals surface area contributed by atoms with Gasteiger partial charge in [-0.2, -0.15) is 5.10 Å². The monoisotopic (exact) mass is 245 g/mol. The molecule has 0 aliphatic carbocycles. The van der Waals surface area contributed by atoms with Gasteiger partial charge in [0, 0.05) is 18.3 Å². The summed E-state index contributed by atoms with van der Waals surface area (Å²) in [7, 11) is 0. The topological polar surface area (TPSA) is 58.5 Å². The number of nitrogens with zero attached hydrogens (tertiary/aromatic N) is 3. The molecule has 1 fully saturated rings. The molecular weight excluding hydrogens is 226 g/mol. The number of H-pyrrole nitrogens is 1. The highest BCUT2D eigenvalue weighted by Crippen LogP contribution is 2.23. The first-order chi connectivity index (χ1) is 8.86. The standard InChI is InChI=1S/C13H19N5/c1-2-6-18-9-10(7-16-18)12-8-15-13(17-12)11-4-3-5-14-11/h7-9,11,14H,2-6H2,1H3,(H,15,17)/t11-/m0/s1. The smallest absolute Gasteiger partial charge is 0.123 e. The summed E-state index contributed by atoms with van der Waals surface area (Å²) in [5.74, 6) is 1.05. The minimum atomic E-state index is 0.393. The highest BCUT2D eigenvalue weighted by Gasteiger charge is 2.19. The SMILES string of the molecule is CCCn1cc(-c2cnc([C@@H]3CCCN3)[nH]2)cn1. The number of hydrogen-bond acceptors (Lipinski definition) is 3. The maximum absolute atomic E-state index is 4.47. The highest BCUT2D eigenvalue weighted by atomic mass is 15.3. The molecule has 0 bridgehead atoms. The minimum Gasteiger partial charge on any atom is -0.341 e. The lowest BCUT2D eigenvalue weighted by atomic mass is 10.2. The van der Waals surface area contributed by atoms with E-state index >= 15 is 0 Å². The summed E-state index contributed by atoms with van der Waals surface area (Å²) in [6.45, 7) is 4.21. The molecule has 3 heterocycles. The fraction of sp³-hybridized carbons (Fsp3) is 0.538. The maximum atomic E-state index is 4.47. The van der Waals surface area contributed by atoms with Gasteiger partial charge in [-0.3, -0.25) is 4.68 Å². The molecule has 5 nitrogen and oxygen atoms in total. The molecule has 1 aliphatic rings. The molecule has 1 atom stereocenters. The number of hydrogen-bond donors (Lipinski definition) is 2. The average Bonchev–Trinajstić information content (AvgIpc) is 3.10. The molecule has 0 radical (unpaired) electrons. The Kier molecular flexibility index (Phi) is 3.15. The second-order valence-electron chi connectivity index (χ2n) is 4.82. The lowest BCUT2D eigenvalue weighted by Gasteiger charge is -2.04. The molecule has 2 N–H and O–H groups in total. The first kappa shape index (κ1) is 11.5. The van der Waals surface area contributed by atoms with Crippen molar-refractivity contribution in [2.45, 2.75) is 38.8 Å². The second-order valence-corrected chi connectivity index (χ2v) is 4.82. The van der Waals surface area contributed by atoms with Crippen LogP contribution in [-0.2, 0) is 6.54 Å². The van der Waals surface area contributed by atoms with Gasteiger partial charge in [-0.15, -0.1) is 0 Å². The number of aromatic amines is 1. The summed E-state index contributed by atoms with van der Waals surface area (Å²) >= 11 is 0. The van der Waals surface area contributed by atoms with E-state index in [1.807, 2.05) is 17.1 Å². The van der Waals surface area contributed by atoms with E-state index < -0.39 is 0 Å². The van der Waals surface area contributed by atoms with Crippen LogP contribution in [-0.4, -0.2) is 26.3 Å². The molecule has 96 valence electrons. The molecule has 1 saturated heterocycles. The van der Waals surface area contributed by atoms with Crippen LogP contribution in [0.4, 0.5) is 0 Å². The van der Waals surface area contributed by atoms with Gasteiger partial charge in [-0.1, -0.05) is 6.92 Å². The van der Waals surface area contributed by atoms with E-state index in [1.54, 1.807) is 0 Å². The van der Waals surface area contributed by atoms with Crippen LogP contribution in [0.3, 0.4) is 0 Å². The number of aromatic nitrogens is 4. The Labute approximate surface area is 107 Å². The zero-order valence-electron chi connectivity index (χ0n) is 10.7. The zero-order valence-corrected chi connectivity index (χ0v) is 10.7. The van der Waals surface area contributed by atoms with Gasteiger partial charge >= 0.3 is 0 Å². The van der Waals surface area contributed by atoms with E-state index in [0.717, 1.165) is 36.6 Å². The fourth-order valence-corrected chi connectivity index (χ4v) is 2.43. The van der Waals surface area contributed by atoms with Crippen molar-refractivity contribution in [3.05, 3.63) is 24.4 Å². The van der Waals surface area contributed by atoms with Crippen molar-refractivity contribution >= 4 is 0 Å². The molecule has 0 aromatic carbocycles. The lowest BCUT2D eigenvalue weighted by molar-refractivity contribution is 0.603. The molecule has 3 rings (SSSR count). The van der Waals surface area contributed by atoms with Gasteiger partial charge in [-0.25, -0.2) is 4.98 Å². The van der Waals surface area contributed by atoms with Gasteiger partial charge in [0.1, 0.15) is 5.82 Å². The Bertz CT molecular complexity index is 507. The van der Waals surface area contributed by atoms with Crippen molar-refractivity contribution in [3.63, 3.8) is 0 Å². The third-order valence-corrected chi connectivity index (χ3v) is 3.38. The van der Waals surface area contributed by atoms with E-state index in [4.69, 9.17) is 0 Å². The molecule has 0 spiro atoms. The number of aryl methyl sites for hydroxylation is 1. The third kappa shape index (κ3) is 2.18. The molecule has 0 saturated carbocycles. The van der Waals surface area contributed by atoms with Gasteiger partial charge in [0.2, 0.25) is 0 Å². The third-order valence-electron chi connectivity index (χ3n) is 3.38. The van der Waals surface area contributed by atoms with Crippen molar-refractivity contribution in [2.75, 3.05) is 6.54 Å². The summed E-state index contributed by atoms with van der Waals surface area (Å²) in [6.07, 6.45) is 9.37. The largest absolute Gasteiger partial charge is 0.341 e. The normalized spacial score (nSPS) is 19.5. The van der Waals surface area contributed by atoms with E-state index in [9.17, 15) is 0 Å². The van der Waals surface area contributed by atoms with Gasteiger partial charge < -0.3 is 10.3 Å². The molecule has 0 amide bonds. The lowest BCUT2D eigenvalue weighted by Crippen LogP contribution is -2.14. The quantitative estimate of drug-likeness (QED) is 0.867. The Hall–Kier alpha value is -1.62. The summed E-state index contributed by atoms with van der Waals surface area (Å²) in [6, 6.07) is 0.393. The van der Waals surface area contributed by atoms with Crippen LogP contribution in [0.25, 0.3) is 11.3 Å². The van der Waals surface area contributed by atoms with Crippen molar-refractivity contribution in [2.24, 2.45) is 0 Å². The Morgan fingerprint density at radius 3 is 3.17 bits per heavy atom. The number of imidazole rings is 1. The maximum Gasteiger partial charge on any atom is 0.123 e. The molecular formula is C13H19N5. The summed E-state index contributed by atoms with van der Waals surface area (Å²) in [5.41, 5.74) is 2.17. The van der Waals surface area contributed by atoms with Crippen LogP contribution in [0.1, 0.15) is 38.1 Å². The number of nitrogens with one attached hydrogen (secondary N) is 2. The van der Waals surface area contributed by atoms with E-state index in [2.05, 4.69) is 33.5 Å². The average molecular weight is 245 g/mol. The molecule has 5 heteroatoms. The first-order valence-corrected chi connectivity index (χ1v) is 6.68. The van der Waals surface area contributed by atoms with Crippen molar-refractivity contribution in [1.82, 2.24) is 25.1 Å². The van der Waals surface area contributed by atoms with Crippen LogP contribution < -0.4 is 5.32 Å². The van der Waals surface area contributed by atoms with Crippen molar-refractivity contribution < 1.29 is 0 Å². The molecule has 0 unspecified atom stereocenters. The zero-order chi connectivity index (χ0) is 12.4. The Balaban J connectivity index is 1.78. The van der Waals surface area contributed by atoms with E-state index in [1.165, 1.54) is 12.8 Å². The Morgan fingerprint density at radius 1 is 1.44 bits per heavy atom. The fourth-order valence-electron chi connectivity index (χ4n) is 2.43. The van der Waals surface area contributed by atoms with Crippen LogP contribution in [0.2, 0.25) is 0 Å². The van der Waals surface area contributed by atoms with Crippen LogP contribution >= 0.6 is 0 Å². The summed E-state index contributed by atoms with van der Waals surface area (Å²) < 4.78 is 1.98. The molecule has 2 aromatic rings. The predicted octanol–water partition coefficient (Wildman–Crippen LogP) is 2.11. The predicted molar refractivity (Wildman–Crippen MR) is 70.1 cm³/mol. The second kappa shape index (κ2) is 4.94. The van der Waals surface area contributed by atoms with Gasteiger partial charge in [0.05, 0.1) is 24.1 Å². The van der Waals surface area contributed by atoms with E-state index in [0.29, 0.717) is 6.04 Å².